The lowest BCUT2D eigenvalue weighted by molar-refractivity contribution is -0.184. The van der Waals surface area contributed by atoms with Gasteiger partial charge in [0.2, 0.25) is 0 Å². The van der Waals surface area contributed by atoms with Crippen molar-refractivity contribution in [1.29, 1.82) is 0 Å². The van der Waals surface area contributed by atoms with Crippen molar-refractivity contribution in [1.82, 2.24) is 0 Å². The van der Waals surface area contributed by atoms with Crippen molar-refractivity contribution in [3.05, 3.63) is 0 Å². The summed E-state index contributed by atoms with van der Waals surface area (Å²) in [7, 11) is 0. The van der Waals surface area contributed by atoms with Gasteiger partial charge in [0.15, 0.2) is 0 Å². The van der Waals surface area contributed by atoms with E-state index < -0.39 is 5.97 Å². The molecular formula is C11H20O3. The topological polar surface area (TPSA) is 46.5 Å². The molecule has 0 amide bonds. The summed E-state index contributed by atoms with van der Waals surface area (Å²) >= 11 is 0. The van der Waals surface area contributed by atoms with Crippen molar-refractivity contribution in [2.45, 2.75) is 34.1 Å². The zero-order chi connectivity index (χ0) is 11.0. The van der Waals surface area contributed by atoms with Crippen molar-refractivity contribution in [3.8, 4) is 0 Å². The molecule has 3 heteroatoms. The highest BCUT2D eigenvalue weighted by molar-refractivity contribution is 5.69. The monoisotopic (exact) mass is 200 g/mol. The fourth-order valence-corrected chi connectivity index (χ4v) is 1.88. The molecule has 1 atom stereocenters. The van der Waals surface area contributed by atoms with Gasteiger partial charge in [0.1, 0.15) is 0 Å². The quantitative estimate of drug-likeness (QED) is 0.759. The van der Waals surface area contributed by atoms with Gasteiger partial charge in [0, 0.05) is 5.41 Å². The average molecular weight is 200 g/mol. The van der Waals surface area contributed by atoms with Crippen LogP contribution in [0.25, 0.3) is 0 Å². The molecule has 0 aromatic heterocycles. The van der Waals surface area contributed by atoms with E-state index in [0.717, 1.165) is 0 Å². The molecule has 0 saturated carbocycles. The van der Waals surface area contributed by atoms with Crippen LogP contribution in [-0.4, -0.2) is 24.3 Å². The Bertz CT molecular complexity index is 223. The smallest absolute Gasteiger partial charge is 0.306 e. The molecule has 1 N–H and O–H groups in total. The Morgan fingerprint density at radius 3 is 2.21 bits per heavy atom. The number of carboxylic acid groups (broad SMARTS) is 1. The van der Waals surface area contributed by atoms with Gasteiger partial charge in [-0.25, -0.2) is 0 Å². The standard InChI is InChI=1S/C11H20O3/c1-8(9(12)13)5-11(6-14-7-11)10(2,3)4/h8H,5-7H2,1-4H3,(H,12,13). The molecule has 0 radical (unpaired) electrons. The van der Waals surface area contributed by atoms with Crippen LogP contribution in [0.4, 0.5) is 0 Å². The van der Waals surface area contributed by atoms with Crippen molar-refractivity contribution in [2.24, 2.45) is 16.7 Å². The van der Waals surface area contributed by atoms with Crippen molar-refractivity contribution in [2.75, 3.05) is 13.2 Å². The average Bonchev–Trinajstić information content (AvgIpc) is 1.93. The summed E-state index contributed by atoms with van der Waals surface area (Å²) < 4.78 is 5.25. The van der Waals surface area contributed by atoms with Crippen LogP contribution in [0.15, 0.2) is 0 Å². The first kappa shape index (κ1) is 11.5. The van der Waals surface area contributed by atoms with Gasteiger partial charge < -0.3 is 9.84 Å². The van der Waals surface area contributed by atoms with Crippen LogP contribution < -0.4 is 0 Å². The number of aliphatic carboxylic acids is 1. The first-order chi connectivity index (χ1) is 6.28. The second-order valence-corrected chi connectivity index (χ2v) is 5.47. The maximum Gasteiger partial charge on any atom is 0.306 e. The van der Waals surface area contributed by atoms with E-state index in [9.17, 15) is 4.79 Å². The van der Waals surface area contributed by atoms with Gasteiger partial charge >= 0.3 is 5.97 Å². The van der Waals surface area contributed by atoms with Gasteiger partial charge in [0.05, 0.1) is 19.1 Å². The molecule has 1 aliphatic rings. The predicted octanol–water partition coefficient (Wildman–Crippen LogP) is 2.16. The highest BCUT2D eigenvalue weighted by Crippen LogP contribution is 2.48. The van der Waals surface area contributed by atoms with E-state index in [1.807, 2.05) is 0 Å². The normalized spacial score (nSPS) is 22.6. The molecule has 1 rings (SSSR count). The molecule has 1 unspecified atom stereocenters. The molecule has 1 saturated heterocycles. The highest BCUT2D eigenvalue weighted by Gasteiger charge is 2.49. The van der Waals surface area contributed by atoms with Crippen molar-refractivity contribution < 1.29 is 14.6 Å². The van der Waals surface area contributed by atoms with Gasteiger partial charge in [-0.1, -0.05) is 27.7 Å². The highest BCUT2D eigenvalue weighted by atomic mass is 16.5. The predicted molar refractivity (Wildman–Crippen MR) is 54.1 cm³/mol. The number of hydrogen-bond acceptors (Lipinski definition) is 2. The van der Waals surface area contributed by atoms with Crippen LogP contribution in [0.2, 0.25) is 0 Å². The largest absolute Gasteiger partial charge is 0.481 e. The Hall–Kier alpha value is -0.570. The number of carbonyl (C=O) groups is 1. The number of rotatable bonds is 3. The Morgan fingerprint density at radius 1 is 1.50 bits per heavy atom. The fourth-order valence-electron chi connectivity index (χ4n) is 1.88. The lowest BCUT2D eigenvalue weighted by atomic mass is 9.61. The van der Waals surface area contributed by atoms with Crippen LogP contribution in [0.3, 0.4) is 0 Å². The lowest BCUT2D eigenvalue weighted by Gasteiger charge is -2.52. The second kappa shape index (κ2) is 3.54. The Labute approximate surface area is 85.5 Å². The van der Waals surface area contributed by atoms with Gasteiger partial charge in [0.25, 0.3) is 0 Å². The molecule has 1 heterocycles. The molecule has 0 spiro atoms. The zero-order valence-electron chi connectivity index (χ0n) is 9.46. The summed E-state index contributed by atoms with van der Waals surface area (Å²) in [5.74, 6) is -0.987. The first-order valence-electron chi connectivity index (χ1n) is 5.09. The summed E-state index contributed by atoms with van der Waals surface area (Å²) in [6, 6.07) is 0. The van der Waals surface area contributed by atoms with E-state index in [1.54, 1.807) is 6.92 Å². The van der Waals surface area contributed by atoms with Gasteiger partial charge in [-0.05, 0) is 11.8 Å². The van der Waals surface area contributed by atoms with Crippen LogP contribution in [0, 0.1) is 16.7 Å². The van der Waals surface area contributed by atoms with Crippen molar-refractivity contribution in [3.63, 3.8) is 0 Å². The minimum atomic E-state index is -0.708. The second-order valence-electron chi connectivity index (χ2n) is 5.47. The molecule has 0 aromatic rings. The molecule has 0 aliphatic carbocycles. The third-order valence-electron chi connectivity index (χ3n) is 3.47. The molecular weight excluding hydrogens is 180 g/mol. The minimum Gasteiger partial charge on any atom is -0.481 e. The Balaban J connectivity index is 2.68. The van der Waals surface area contributed by atoms with Crippen molar-refractivity contribution >= 4 is 5.97 Å². The van der Waals surface area contributed by atoms with E-state index >= 15 is 0 Å². The molecule has 14 heavy (non-hydrogen) atoms. The van der Waals surface area contributed by atoms with E-state index in [2.05, 4.69) is 20.8 Å². The fraction of sp³-hybridized carbons (Fsp3) is 0.909. The number of hydrogen-bond donors (Lipinski definition) is 1. The maximum atomic E-state index is 10.8. The van der Waals surface area contributed by atoms with Crippen LogP contribution in [-0.2, 0) is 9.53 Å². The Kier molecular flexibility index (Phi) is 2.91. The summed E-state index contributed by atoms with van der Waals surface area (Å²) in [6.45, 7) is 9.65. The van der Waals surface area contributed by atoms with Crippen LogP contribution >= 0.6 is 0 Å². The maximum absolute atomic E-state index is 10.8. The van der Waals surface area contributed by atoms with Gasteiger partial charge in [-0.2, -0.15) is 0 Å². The third-order valence-corrected chi connectivity index (χ3v) is 3.47. The summed E-state index contributed by atoms with van der Waals surface area (Å²) in [5.41, 5.74) is 0.180. The van der Waals surface area contributed by atoms with Crippen LogP contribution in [0.5, 0.6) is 0 Å². The van der Waals surface area contributed by atoms with E-state index in [4.69, 9.17) is 9.84 Å². The lowest BCUT2D eigenvalue weighted by Crippen LogP contribution is -2.53. The van der Waals surface area contributed by atoms with Crippen LogP contribution in [0.1, 0.15) is 34.1 Å². The molecule has 1 aliphatic heterocycles. The molecule has 82 valence electrons. The summed E-state index contributed by atoms with van der Waals surface area (Å²) in [5, 5.41) is 8.89. The molecule has 3 nitrogen and oxygen atoms in total. The molecule has 1 fully saturated rings. The first-order valence-corrected chi connectivity index (χ1v) is 5.09. The molecule has 0 bridgehead atoms. The van der Waals surface area contributed by atoms with E-state index in [1.165, 1.54) is 0 Å². The van der Waals surface area contributed by atoms with E-state index in [-0.39, 0.29) is 16.7 Å². The number of ether oxygens (including phenoxy) is 1. The zero-order valence-corrected chi connectivity index (χ0v) is 9.46. The minimum absolute atomic E-state index is 0.0603. The van der Waals surface area contributed by atoms with E-state index in [0.29, 0.717) is 19.6 Å². The summed E-state index contributed by atoms with van der Waals surface area (Å²) in [4.78, 5) is 10.8. The Morgan fingerprint density at radius 2 is 2.00 bits per heavy atom. The summed E-state index contributed by atoms with van der Waals surface area (Å²) in [6.07, 6.45) is 0.714. The third kappa shape index (κ3) is 1.92. The SMILES string of the molecule is CC(CC1(C(C)(C)C)COC1)C(=O)O. The molecule has 0 aromatic carbocycles. The van der Waals surface area contributed by atoms with Gasteiger partial charge in [-0.15, -0.1) is 0 Å². The van der Waals surface area contributed by atoms with Gasteiger partial charge in [-0.3, -0.25) is 4.79 Å². The number of carboxylic acids is 1.